The van der Waals surface area contributed by atoms with Crippen molar-refractivity contribution >= 4 is 27.5 Å². The van der Waals surface area contributed by atoms with Gasteiger partial charge in [0.1, 0.15) is 0 Å². The summed E-state index contributed by atoms with van der Waals surface area (Å²) in [5, 5.41) is 15.8. The summed E-state index contributed by atoms with van der Waals surface area (Å²) in [5.41, 5.74) is 3.36. The van der Waals surface area contributed by atoms with Gasteiger partial charge >= 0.3 is 0 Å². The maximum absolute atomic E-state index is 12.2. The number of phenolic OH excluding ortho intramolecular Hbond substituents is 1. The van der Waals surface area contributed by atoms with Crippen molar-refractivity contribution in [1.82, 2.24) is 5.32 Å². The van der Waals surface area contributed by atoms with E-state index in [2.05, 4.69) is 26.6 Å². The predicted molar refractivity (Wildman–Crippen MR) is 80.7 cm³/mol. The molecule has 1 amide bonds. The first-order chi connectivity index (χ1) is 9.65. The minimum atomic E-state index is -0.229. The average molecular weight is 333 g/mol. The summed E-state index contributed by atoms with van der Waals surface area (Å²) >= 11 is 3.22. The van der Waals surface area contributed by atoms with Crippen LogP contribution < -0.4 is 10.6 Å². The topological polar surface area (TPSA) is 61.4 Å². The molecule has 0 aromatic heterocycles. The van der Waals surface area contributed by atoms with Gasteiger partial charge in [-0.1, -0.05) is 12.1 Å². The van der Waals surface area contributed by atoms with Gasteiger partial charge in [0.2, 0.25) is 0 Å². The molecule has 1 aliphatic heterocycles. The van der Waals surface area contributed by atoms with E-state index in [0.29, 0.717) is 15.7 Å². The molecule has 20 heavy (non-hydrogen) atoms. The number of para-hydroxylation sites is 1. The number of hydrogen-bond acceptors (Lipinski definition) is 3. The Hall–Kier alpha value is -1.85. The van der Waals surface area contributed by atoms with Gasteiger partial charge in [-0.25, -0.2) is 0 Å². The first kappa shape index (κ1) is 13.1. The summed E-state index contributed by atoms with van der Waals surface area (Å²) in [5.74, 6) is -0.197. The van der Waals surface area contributed by atoms with Crippen LogP contribution in [-0.2, 0) is 13.1 Å². The maximum Gasteiger partial charge on any atom is 0.255 e. The minimum Gasteiger partial charge on any atom is -0.505 e. The van der Waals surface area contributed by atoms with Crippen molar-refractivity contribution in [3.8, 4) is 5.75 Å². The van der Waals surface area contributed by atoms with Crippen molar-refractivity contribution in [2.24, 2.45) is 0 Å². The highest BCUT2D eigenvalue weighted by atomic mass is 79.9. The van der Waals surface area contributed by atoms with Crippen molar-refractivity contribution in [2.75, 3.05) is 5.32 Å². The monoisotopic (exact) mass is 332 g/mol. The lowest BCUT2D eigenvalue weighted by Crippen LogP contribution is -2.12. The Labute approximate surface area is 125 Å². The SMILES string of the molecule is O=C(Nc1cccc(Br)c1O)c1ccc2c(c1)CNC2. The summed E-state index contributed by atoms with van der Waals surface area (Å²) in [6.07, 6.45) is 0. The fourth-order valence-electron chi connectivity index (χ4n) is 2.25. The van der Waals surface area contributed by atoms with Crippen LogP contribution >= 0.6 is 15.9 Å². The quantitative estimate of drug-likeness (QED) is 0.741. The average Bonchev–Trinajstić information content (AvgIpc) is 2.91. The number of rotatable bonds is 2. The Balaban J connectivity index is 1.84. The molecule has 1 aliphatic rings. The molecule has 0 radical (unpaired) electrons. The zero-order valence-electron chi connectivity index (χ0n) is 10.6. The lowest BCUT2D eigenvalue weighted by Gasteiger charge is -2.09. The molecule has 0 bridgehead atoms. The molecule has 0 saturated carbocycles. The number of hydrogen-bond donors (Lipinski definition) is 3. The van der Waals surface area contributed by atoms with Crippen LogP contribution in [0.3, 0.4) is 0 Å². The molecular formula is C15H13BrN2O2. The summed E-state index contributed by atoms with van der Waals surface area (Å²) in [6, 6.07) is 10.8. The number of halogens is 1. The molecule has 2 aromatic rings. The van der Waals surface area contributed by atoms with Crippen molar-refractivity contribution in [3.63, 3.8) is 0 Å². The molecule has 0 atom stereocenters. The summed E-state index contributed by atoms with van der Waals surface area (Å²) in [7, 11) is 0. The number of amides is 1. The smallest absolute Gasteiger partial charge is 0.255 e. The third kappa shape index (κ3) is 2.42. The van der Waals surface area contributed by atoms with E-state index in [0.717, 1.165) is 18.7 Å². The van der Waals surface area contributed by atoms with E-state index in [1.807, 2.05) is 12.1 Å². The van der Waals surface area contributed by atoms with Crippen LogP contribution in [0.5, 0.6) is 5.75 Å². The third-order valence-electron chi connectivity index (χ3n) is 3.33. The molecule has 5 heteroatoms. The normalized spacial score (nSPS) is 13.1. The number of nitrogens with one attached hydrogen (secondary N) is 2. The Morgan fingerprint density at radius 1 is 1.20 bits per heavy atom. The number of phenols is 1. The Bertz CT molecular complexity index is 686. The highest BCUT2D eigenvalue weighted by Gasteiger charge is 2.15. The second-order valence-electron chi connectivity index (χ2n) is 4.68. The maximum atomic E-state index is 12.2. The van der Waals surface area contributed by atoms with Gasteiger partial charge in [0.15, 0.2) is 5.75 Å². The molecule has 0 aliphatic carbocycles. The molecule has 1 heterocycles. The van der Waals surface area contributed by atoms with Crippen LogP contribution in [0.4, 0.5) is 5.69 Å². The Morgan fingerprint density at radius 3 is 2.85 bits per heavy atom. The fourth-order valence-corrected chi connectivity index (χ4v) is 2.61. The largest absolute Gasteiger partial charge is 0.505 e. The number of carbonyl (C=O) groups is 1. The van der Waals surface area contributed by atoms with Crippen molar-refractivity contribution < 1.29 is 9.90 Å². The molecule has 3 N–H and O–H groups in total. The molecular weight excluding hydrogens is 320 g/mol. The van der Waals surface area contributed by atoms with Crippen molar-refractivity contribution in [3.05, 3.63) is 57.6 Å². The third-order valence-corrected chi connectivity index (χ3v) is 3.97. The number of benzene rings is 2. The summed E-state index contributed by atoms with van der Waals surface area (Å²) in [6.45, 7) is 1.64. The first-order valence-electron chi connectivity index (χ1n) is 6.26. The minimum absolute atomic E-state index is 0.0312. The van der Waals surface area contributed by atoms with Crippen molar-refractivity contribution in [1.29, 1.82) is 0 Å². The van der Waals surface area contributed by atoms with E-state index >= 15 is 0 Å². The molecule has 2 aromatic carbocycles. The van der Waals surface area contributed by atoms with Crippen molar-refractivity contribution in [2.45, 2.75) is 13.1 Å². The number of fused-ring (bicyclic) bond motifs is 1. The van der Waals surface area contributed by atoms with E-state index in [1.165, 1.54) is 5.56 Å². The van der Waals surface area contributed by atoms with Gasteiger partial charge in [-0.05, 0) is 51.3 Å². The van der Waals surface area contributed by atoms with E-state index < -0.39 is 0 Å². The number of anilines is 1. The van der Waals surface area contributed by atoms with Crippen LogP contribution in [0.1, 0.15) is 21.5 Å². The molecule has 0 spiro atoms. The standard InChI is InChI=1S/C15H13BrN2O2/c16-12-2-1-3-13(14(12)19)18-15(20)9-4-5-10-7-17-8-11(10)6-9/h1-6,17,19H,7-8H2,(H,18,20). The molecule has 0 fully saturated rings. The van der Waals surface area contributed by atoms with E-state index in [1.54, 1.807) is 24.3 Å². The van der Waals surface area contributed by atoms with Gasteiger partial charge in [0, 0.05) is 18.7 Å². The van der Waals surface area contributed by atoms with E-state index in [9.17, 15) is 9.90 Å². The van der Waals surface area contributed by atoms with Gasteiger partial charge in [-0.2, -0.15) is 0 Å². The van der Waals surface area contributed by atoms with Gasteiger partial charge < -0.3 is 15.7 Å². The van der Waals surface area contributed by atoms with Crippen LogP contribution in [0, 0.1) is 0 Å². The lowest BCUT2D eigenvalue weighted by molar-refractivity contribution is 0.102. The van der Waals surface area contributed by atoms with Crippen LogP contribution in [0.15, 0.2) is 40.9 Å². The van der Waals surface area contributed by atoms with Gasteiger partial charge in [-0.15, -0.1) is 0 Å². The number of carbonyl (C=O) groups excluding carboxylic acids is 1. The van der Waals surface area contributed by atoms with Crippen LogP contribution in [0.25, 0.3) is 0 Å². The first-order valence-corrected chi connectivity index (χ1v) is 7.06. The molecule has 0 unspecified atom stereocenters. The van der Waals surface area contributed by atoms with Crippen LogP contribution in [0.2, 0.25) is 0 Å². The predicted octanol–water partition coefficient (Wildman–Crippen LogP) is 3.01. The number of aromatic hydroxyl groups is 1. The zero-order chi connectivity index (χ0) is 14.1. The summed E-state index contributed by atoms with van der Waals surface area (Å²) in [4.78, 5) is 12.2. The van der Waals surface area contributed by atoms with E-state index in [4.69, 9.17) is 0 Å². The highest BCUT2D eigenvalue weighted by Crippen LogP contribution is 2.31. The van der Waals surface area contributed by atoms with Crippen LogP contribution in [-0.4, -0.2) is 11.0 Å². The van der Waals surface area contributed by atoms with E-state index in [-0.39, 0.29) is 11.7 Å². The lowest BCUT2D eigenvalue weighted by atomic mass is 10.1. The molecule has 0 saturated heterocycles. The van der Waals surface area contributed by atoms with Gasteiger partial charge in [0.25, 0.3) is 5.91 Å². The molecule has 3 rings (SSSR count). The Morgan fingerprint density at radius 2 is 2.00 bits per heavy atom. The Kier molecular flexibility index (Phi) is 3.46. The molecule has 4 nitrogen and oxygen atoms in total. The second-order valence-corrected chi connectivity index (χ2v) is 5.53. The highest BCUT2D eigenvalue weighted by molar-refractivity contribution is 9.10. The zero-order valence-corrected chi connectivity index (χ0v) is 12.2. The van der Waals surface area contributed by atoms with Gasteiger partial charge in [-0.3, -0.25) is 4.79 Å². The second kappa shape index (κ2) is 5.26. The fraction of sp³-hybridized carbons (Fsp3) is 0.133. The molecule has 102 valence electrons. The van der Waals surface area contributed by atoms with Gasteiger partial charge in [0.05, 0.1) is 10.2 Å². The summed E-state index contributed by atoms with van der Waals surface area (Å²) < 4.78 is 0.549.